The minimum Gasteiger partial charge on any atom is -0.464 e. The minimum absolute atomic E-state index is 0.0601. The van der Waals surface area contributed by atoms with Crippen molar-refractivity contribution in [3.8, 4) is 10.6 Å². The highest BCUT2D eigenvalue weighted by molar-refractivity contribution is 7.19. The van der Waals surface area contributed by atoms with Crippen LogP contribution in [-0.2, 0) is 9.47 Å². The fraction of sp³-hybridized carbons (Fsp3) is 0.353. The van der Waals surface area contributed by atoms with Gasteiger partial charge in [-0.25, -0.2) is 14.6 Å². The molecular formula is C17H20N2O4S. The summed E-state index contributed by atoms with van der Waals surface area (Å²) >= 11 is 1.20. The van der Waals surface area contributed by atoms with Gasteiger partial charge in [-0.15, -0.1) is 0 Å². The molecule has 0 aliphatic carbocycles. The van der Waals surface area contributed by atoms with Crippen molar-refractivity contribution in [1.82, 2.24) is 4.98 Å². The molecule has 0 saturated heterocycles. The van der Waals surface area contributed by atoms with Gasteiger partial charge in [0.05, 0.1) is 7.11 Å². The van der Waals surface area contributed by atoms with Crippen LogP contribution in [0.5, 0.6) is 0 Å². The molecule has 0 unspecified atom stereocenters. The van der Waals surface area contributed by atoms with Crippen LogP contribution in [0.15, 0.2) is 24.3 Å². The Morgan fingerprint density at radius 2 is 1.96 bits per heavy atom. The van der Waals surface area contributed by atoms with Gasteiger partial charge in [-0.3, -0.25) is 5.32 Å². The lowest BCUT2D eigenvalue weighted by molar-refractivity contribution is 0.0596. The van der Waals surface area contributed by atoms with E-state index in [1.54, 1.807) is 20.8 Å². The molecule has 0 bridgehead atoms. The molecule has 0 spiro atoms. The predicted molar refractivity (Wildman–Crippen MR) is 93.5 cm³/mol. The van der Waals surface area contributed by atoms with Crippen LogP contribution in [0.3, 0.4) is 0 Å². The molecule has 1 aromatic heterocycles. The molecule has 1 heterocycles. The zero-order valence-electron chi connectivity index (χ0n) is 14.3. The summed E-state index contributed by atoms with van der Waals surface area (Å²) in [6.07, 6.45) is -0.646. The van der Waals surface area contributed by atoms with Gasteiger partial charge in [-0.05, 0) is 33.8 Å². The highest BCUT2D eigenvalue weighted by atomic mass is 32.1. The zero-order chi connectivity index (χ0) is 17.9. The molecule has 0 saturated carbocycles. The third-order valence-electron chi connectivity index (χ3n) is 2.89. The van der Waals surface area contributed by atoms with Crippen LogP contribution in [0.25, 0.3) is 10.6 Å². The van der Waals surface area contributed by atoms with Crippen LogP contribution in [0.4, 0.5) is 9.80 Å². The Morgan fingerprint density at radius 3 is 2.54 bits per heavy atom. The molecule has 2 rings (SSSR count). The van der Waals surface area contributed by atoms with Crippen molar-refractivity contribution in [2.75, 3.05) is 12.4 Å². The molecule has 24 heavy (non-hydrogen) atoms. The van der Waals surface area contributed by atoms with Gasteiger partial charge in [0.1, 0.15) is 15.6 Å². The topological polar surface area (TPSA) is 77.5 Å². The van der Waals surface area contributed by atoms with E-state index in [9.17, 15) is 9.59 Å². The lowest BCUT2D eigenvalue weighted by Crippen LogP contribution is -2.27. The molecule has 128 valence electrons. The van der Waals surface area contributed by atoms with Gasteiger partial charge >= 0.3 is 12.1 Å². The Labute approximate surface area is 144 Å². The number of ether oxygens (including phenoxy) is 2. The number of amides is 1. The summed E-state index contributed by atoms with van der Waals surface area (Å²) in [5, 5.41) is 3.50. The molecule has 7 heteroatoms. The highest BCUT2D eigenvalue weighted by Crippen LogP contribution is 2.33. The Balaban J connectivity index is 2.35. The first-order valence-corrected chi connectivity index (χ1v) is 8.17. The van der Waals surface area contributed by atoms with Gasteiger partial charge in [0.25, 0.3) is 0 Å². The van der Waals surface area contributed by atoms with Crippen LogP contribution < -0.4 is 5.32 Å². The van der Waals surface area contributed by atoms with E-state index >= 15 is 0 Å². The van der Waals surface area contributed by atoms with Crippen molar-refractivity contribution < 1.29 is 19.1 Å². The van der Waals surface area contributed by atoms with Gasteiger partial charge in [-0.2, -0.15) is 0 Å². The molecule has 0 radical (unpaired) electrons. The van der Waals surface area contributed by atoms with Crippen LogP contribution in [-0.4, -0.2) is 29.8 Å². The Hall–Kier alpha value is -2.41. The molecule has 1 N–H and O–H groups in total. The summed E-state index contributed by atoms with van der Waals surface area (Å²) in [6.45, 7) is 7.26. The lowest BCUT2D eigenvalue weighted by atomic mass is 10.1. The number of methoxy groups -OCH3 is 1. The van der Waals surface area contributed by atoms with Crippen molar-refractivity contribution in [2.45, 2.75) is 33.3 Å². The third-order valence-corrected chi connectivity index (χ3v) is 3.91. The maximum atomic E-state index is 12.0. The second kappa shape index (κ2) is 7.00. The standard InChI is InChI=1S/C17H20N2O4S/c1-10-7-6-8-11(9-10)13-18-12(15(20)22-5)14(24-13)19-16(21)23-17(2,3)4/h6-9H,1-5H3,(H,19,21). The maximum Gasteiger partial charge on any atom is 0.412 e. The van der Waals surface area contributed by atoms with Gasteiger partial charge in [0.2, 0.25) is 0 Å². The molecule has 1 aromatic carbocycles. The fourth-order valence-electron chi connectivity index (χ4n) is 1.94. The number of nitrogens with zero attached hydrogens (tertiary/aromatic N) is 1. The Kier molecular flexibility index (Phi) is 5.23. The van der Waals surface area contributed by atoms with Crippen molar-refractivity contribution in [3.63, 3.8) is 0 Å². The molecule has 0 atom stereocenters. The molecule has 1 amide bonds. The second-order valence-electron chi connectivity index (χ2n) is 6.18. The summed E-state index contributed by atoms with van der Waals surface area (Å²) in [5.74, 6) is -0.615. The Bertz CT molecular complexity index is 762. The van der Waals surface area contributed by atoms with Gasteiger partial charge in [0, 0.05) is 5.56 Å². The van der Waals surface area contributed by atoms with Crippen molar-refractivity contribution in [2.24, 2.45) is 0 Å². The summed E-state index contributed by atoms with van der Waals surface area (Å²) in [4.78, 5) is 28.2. The highest BCUT2D eigenvalue weighted by Gasteiger charge is 2.23. The van der Waals surface area contributed by atoms with E-state index in [4.69, 9.17) is 9.47 Å². The summed E-state index contributed by atoms with van der Waals surface area (Å²) in [6, 6.07) is 7.73. The fourth-order valence-corrected chi connectivity index (χ4v) is 2.87. The number of aromatic nitrogens is 1. The second-order valence-corrected chi connectivity index (χ2v) is 7.18. The molecular weight excluding hydrogens is 328 g/mol. The number of hydrogen-bond donors (Lipinski definition) is 1. The predicted octanol–water partition coefficient (Wildman–Crippen LogP) is 4.25. The van der Waals surface area contributed by atoms with E-state index in [-0.39, 0.29) is 5.69 Å². The molecule has 0 aliphatic heterocycles. The maximum absolute atomic E-state index is 12.0. The van der Waals surface area contributed by atoms with E-state index in [1.165, 1.54) is 18.4 Å². The number of esters is 1. The minimum atomic E-state index is -0.646. The number of nitrogens with one attached hydrogen (secondary N) is 1. The first-order chi connectivity index (χ1) is 11.2. The molecule has 2 aromatic rings. The van der Waals surface area contributed by atoms with Gasteiger partial charge < -0.3 is 9.47 Å². The van der Waals surface area contributed by atoms with E-state index in [1.807, 2.05) is 31.2 Å². The van der Waals surface area contributed by atoms with Gasteiger partial charge in [-0.1, -0.05) is 35.1 Å². The smallest absolute Gasteiger partial charge is 0.412 e. The number of carbonyl (C=O) groups excluding carboxylic acids is 2. The van der Waals surface area contributed by atoms with Gasteiger partial charge in [0.15, 0.2) is 5.69 Å². The summed E-state index contributed by atoms with van der Waals surface area (Å²) in [5.41, 5.74) is 1.36. The summed E-state index contributed by atoms with van der Waals surface area (Å²) in [7, 11) is 1.27. The zero-order valence-corrected chi connectivity index (χ0v) is 15.1. The van der Waals surface area contributed by atoms with Crippen LogP contribution >= 0.6 is 11.3 Å². The number of thiazole rings is 1. The van der Waals surface area contributed by atoms with Crippen molar-refractivity contribution in [3.05, 3.63) is 35.5 Å². The first-order valence-electron chi connectivity index (χ1n) is 7.36. The average molecular weight is 348 g/mol. The lowest BCUT2D eigenvalue weighted by Gasteiger charge is -2.19. The van der Waals surface area contributed by atoms with E-state index in [2.05, 4.69) is 10.3 Å². The van der Waals surface area contributed by atoms with Crippen LogP contribution in [0.2, 0.25) is 0 Å². The average Bonchev–Trinajstić information content (AvgIpc) is 2.88. The van der Waals surface area contributed by atoms with E-state index in [0.29, 0.717) is 10.0 Å². The van der Waals surface area contributed by atoms with Crippen LogP contribution in [0.1, 0.15) is 36.8 Å². The first kappa shape index (κ1) is 17.9. The molecule has 0 aliphatic rings. The number of aryl methyl sites for hydroxylation is 1. The van der Waals surface area contributed by atoms with Crippen molar-refractivity contribution >= 4 is 28.4 Å². The van der Waals surface area contributed by atoms with E-state index < -0.39 is 17.7 Å². The normalized spacial score (nSPS) is 11.0. The number of benzene rings is 1. The monoisotopic (exact) mass is 348 g/mol. The third kappa shape index (κ3) is 4.55. The SMILES string of the molecule is COC(=O)c1nc(-c2cccc(C)c2)sc1NC(=O)OC(C)(C)C. The largest absolute Gasteiger partial charge is 0.464 e. The number of anilines is 1. The number of carbonyl (C=O) groups is 2. The van der Waals surface area contributed by atoms with Crippen LogP contribution in [0, 0.1) is 6.92 Å². The molecule has 0 fully saturated rings. The number of rotatable bonds is 3. The number of hydrogen-bond acceptors (Lipinski definition) is 6. The Morgan fingerprint density at radius 1 is 1.25 bits per heavy atom. The molecule has 6 nitrogen and oxygen atoms in total. The summed E-state index contributed by atoms with van der Waals surface area (Å²) < 4.78 is 9.97. The van der Waals surface area contributed by atoms with E-state index in [0.717, 1.165) is 11.1 Å². The van der Waals surface area contributed by atoms with Crippen molar-refractivity contribution in [1.29, 1.82) is 0 Å². The quantitative estimate of drug-likeness (QED) is 0.839.